The maximum absolute atomic E-state index is 12.9. The summed E-state index contributed by atoms with van der Waals surface area (Å²) in [6.07, 6.45) is 7.42. The number of ether oxygens (including phenoxy) is 6. The van der Waals surface area contributed by atoms with E-state index >= 15 is 0 Å². The van der Waals surface area contributed by atoms with Gasteiger partial charge in [0.05, 0.1) is 88.7 Å². The van der Waals surface area contributed by atoms with Crippen LogP contribution in [0.2, 0.25) is 5.02 Å². The van der Waals surface area contributed by atoms with Gasteiger partial charge in [0, 0.05) is 56.8 Å². The van der Waals surface area contributed by atoms with Gasteiger partial charge in [0.15, 0.2) is 5.13 Å². The molecule has 4 N–H and O–H groups in total. The van der Waals surface area contributed by atoms with E-state index in [0.29, 0.717) is 103 Å². The number of unbranched alkanes of at least 4 members (excludes halogenated alkanes) is 3. The first-order valence-corrected chi connectivity index (χ1v) is 24.6. The molecule has 1 aliphatic heterocycles. The number of benzene rings is 2. The molecule has 0 unspecified atom stereocenters. The average Bonchev–Trinajstić information content (AvgIpc) is 3.82. The largest absolute Gasteiger partial charge is 0.379 e. The second-order valence-corrected chi connectivity index (χ2v) is 17.6. The van der Waals surface area contributed by atoms with Gasteiger partial charge in [-0.15, -0.1) is 0 Å². The van der Waals surface area contributed by atoms with E-state index in [-0.39, 0.29) is 25.0 Å². The number of aromatic amines is 1. The molecule has 0 bridgehead atoms. The smallest absolute Gasteiger partial charge is 0.332 e. The molecule has 6 rings (SSSR count). The molecule has 3 aromatic heterocycles. The minimum Gasteiger partial charge on any atom is -0.379 e. The van der Waals surface area contributed by atoms with Gasteiger partial charge in [-0.25, -0.2) is 19.7 Å². The van der Waals surface area contributed by atoms with E-state index in [1.54, 1.807) is 36.5 Å². The van der Waals surface area contributed by atoms with Crippen molar-refractivity contribution in [2.75, 3.05) is 133 Å². The Hall–Kier alpha value is -5.62. The number of H-pyrrole nitrogens is 1. The highest BCUT2D eigenvalue weighted by Gasteiger charge is 2.20. The highest BCUT2D eigenvalue weighted by Crippen LogP contribution is 2.29. The summed E-state index contributed by atoms with van der Waals surface area (Å²) < 4.78 is 34.6. The standard InChI is InChI=1S/C48H63ClN10O10S/c1-35-8-7-9-39(49)45(35)56-46(62)40-33-50-47(70-40)54-41-32-42(52-36(2)51-41)58-19-17-57(18-20-58)15-5-3-4-6-21-64-22-23-65-24-25-66-26-27-67-28-29-68-30-31-69-34-44(61)53-37-10-12-38(13-11-37)59-16-14-43(60)55-48(59)63/h7-14,16,32-33H,3-6,15,17-31,34H2,1-2H3,(H,53,61)(H,56,62)(H,55,60,63)(H,50,51,52,54). The Morgan fingerprint density at radius 2 is 1.39 bits per heavy atom. The van der Waals surface area contributed by atoms with E-state index < -0.39 is 11.2 Å². The third-order valence-electron chi connectivity index (χ3n) is 10.8. The summed E-state index contributed by atoms with van der Waals surface area (Å²) in [5.74, 6) is 1.57. The van der Waals surface area contributed by atoms with E-state index in [1.165, 1.54) is 34.6 Å². The Balaban J connectivity index is 0.680. The fourth-order valence-corrected chi connectivity index (χ4v) is 8.16. The van der Waals surface area contributed by atoms with Crippen molar-refractivity contribution in [3.63, 3.8) is 0 Å². The molecule has 378 valence electrons. The van der Waals surface area contributed by atoms with E-state index in [2.05, 4.69) is 40.7 Å². The first-order chi connectivity index (χ1) is 34.1. The lowest BCUT2D eigenvalue weighted by Crippen LogP contribution is -2.47. The van der Waals surface area contributed by atoms with Crippen molar-refractivity contribution in [2.24, 2.45) is 0 Å². The molecule has 2 aromatic carbocycles. The van der Waals surface area contributed by atoms with Crippen LogP contribution in [0.25, 0.3) is 5.69 Å². The summed E-state index contributed by atoms with van der Waals surface area (Å²) in [5, 5.41) is 9.92. The van der Waals surface area contributed by atoms with Crippen molar-refractivity contribution < 1.29 is 38.0 Å². The average molecular weight is 1010 g/mol. The van der Waals surface area contributed by atoms with Crippen molar-refractivity contribution in [1.29, 1.82) is 0 Å². The maximum atomic E-state index is 12.9. The van der Waals surface area contributed by atoms with Crippen molar-refractivity contribution in [1.82, 2.24) is 29.4 Å². The minimum absolute atomic E-state index is 0.135. The molecule has 0 spiro atoms. The summed E-state index contributed by atoms with van der Waals surface area (Å²) in [5.41, 5.74) is 1.54. The van der Waals surface area contributed by atoms with Crippen LogP contribution in [0, 0.1) is 13.8 Å². The lowest BCUT2D eigenvalue weighted by Gasteiger charge is -2.35. The zero-order chi connectivity index (χ0) is 49.3. The number of para-hydroxylation sites is 1. The molecule has 5 aromatic rings. The number of amides is 2. The number of nitrogens with zero attached hydrogens (tertiary/aromatic N) is 6. The molecule has 20 nitrogen and oxygen atoms in total. The van der Waals surface area contributed by atoms with Crippen LogP contribution < -0.4 is 32.1 Å². The summed E-state index contributed by atoms with van der Waals surface area (Å²) in [7, 11) is 0. The first-order valence-electron chi connectivity index (χ1n) is 23.4. The number of carbonyl (C=O) groups excluding carboxylic acids is 2. The number of hydrogen-bond donors (Lipinski definition) is 4. The zero-order valence-electron chi connectivity index (χ0n) is 39.8. The second-order valence-electron chi connectivity index (χ2n) is 16.1. The van der Waals surface area contributed by atoms with Gasteiger partial charge >= 0.3 is 5.69 Å². The number of aromatic nitrogens is 5. The molecular weight excluding hydrogens is 944 g/mol. The number of halogens is 1. The first kappa shape index (κ1) is 53.7. The van der Waals surface area contributed by atoms with Gasteiger partial charge in [-0.3, -0.25) is 28.8 Å². The maximum Gasteiger partial charge on any atom is 0.332 e. The van der Waals surface area contributed by atoms with Gasteiger partial charge in [-0.05, 0) is 69.1 Å². The normalized spacial score (nSPS) is 12.9. The highest BCUT2D eigenvalue weighted by molar-refractivity contribution is 7.17. The fourth-order valence-electron chi connectivity index (χ4n) is 7.17. The molecule has 1 saturated heterocycles. The lowest BCUT2D eigenvalue weighted by atomic mass is 10.2. The van der Waals surface area contributed by atoms with E-state index in [1.807, 2.05) is 32.0 Å². The summed E-state index contributed by atoms with van der Waals surface area (Å²) >= 11 is 7.54. The monoisotopic (exact) mass is 1010 g/mol. The number of rotatable bonds is 31. The van der Waals surface area contributed by atoms with E-state index in [0.717, 1.165) is 70.0 Å². The van der Waals surface area contributed by atoms with Gasteiger partial charge < -0.3 is 49.3 Å². The Labute approximate surface area is 416 Å². The molecule has 22 heteroatoms. The number of nitrogens with one attached hydrogen (secondary N) is 4. The Bertz CT molecular complexity index is 2480. The molecule has 0 radical (unpaired) electrons. The number of aryl methyl sites for hydroxylation is 2. The molecule has 1 aliphatic rings. The van der Waals surface area contributed by atoms with Gasteiger partial charge in [-0.2, -0.15) is 0 Å². The van der Waals surface area contributed by atoms with Crippen LogP contribution in [0.5, 0.6) is 0 Å². The summed E-state index contributed by atoms with van der Waals surface area (Å²) in [4.78, 5) is 69.4. The summed E-state index contributed by atoms with van der Waals surface area (Å²) in [6.45, 7) is 13.5. The molecule has 0 aliphatic carbocycles. The highest BCUT2D eigenvalue weighted by atomic mass is 35.5. The van der Waals surface area contributed by atoms with E-state index in [4.69, 9.17) is 45.0 Å². The lowest BCUT2D eigenvalue weighted by molar-refractivity contribution is -0.121. The quantitative estimate of drug-likeness (QED) is 0.0405. The van der Waals surface area contributed by atoms with Gasteiger partial charge in [0.1, 0.15) is 28.9 Å². The molecule has 70 heavy (non-hydrogen) atoms. The van der Waals surface area contributed by atoms with Crippen LogP contribution in [0.1, 0.15) is 46.7 Å². The third kappa shape index (κ3) is 18.6. The van der Waals surface area contributed by atoms with Crippen LogP contribution in [0.15, 0.2) is 76.6 Å². The van der Waals surface area contributed by atoms with Gasteiger partial charge in [-0.1, -0.05) is 47.9 Å². The minimum atomic E-state index is -0.548. The van der Waals surface area contributed by atoms with Crippen LogP contribution in [0.3, 0.4) is 0 Å². The van der Waals surface area contributed by atoms with Gasteiger partial charge in [0.2, 0.25) is 5.91 Å². The number of thiazole rings is 1. The van der Waals surface area contributed by atoms with Gasteiger partial charge in [0.25, 0.3) is 11.5 Å². The SMILES string of the molecule is Cc1nc(Nc2ncc(C(=O)Nc3c(C)cccc3Cl)s2)cc(N2CCN(CCCCCCOCCOCCOCCOCCOCCOCC(=O)Nc3ccc(-n4ccc(=O)[nH]c4=O)cc3)CC2)n1. The Kier molecular flexibility index (Phi) is 22.7. The second kappa shape index (κ2) is 29.5. The fraction of sp³-hybridized carbons (Fsp3) is 0.479. The van der Waals surface area contributed by atoms with Crippen LogP contribution in [0.4, 0.5) is 28.1 Å². The van der Waals surface area contributed by atoms with Crippen molar-refractivity contribution in [2.45, 2.75) is 39.5 Å². The predicted octanol–water partition coefficient (Wildman–Crippen LogP) is 5.46. The number of hydrogen-bond acceptors (Lipinski definition) is 17. The molecule has 0 saturated carbocycles. The van der Waals surface area contributed by atoms with Crippen LogP contribution in [-0.2, 0) is 33.2 Å². The topological polar surface area (TPSA) is 226 Å². The number of anilines is 5. The summed E-state index contributed by atoms with van der Waals surface area (Å²) in [6, 6.07) is 15.3. The molecular formula is C48H63ClN10O10S. The van der Waals surface area contributed by atoms with E-state index in [9.17, 15) is 19.2 Å². The zero-order valence-corrected chi connectivity index (χ0v) is 41.3. The molecule has 2 amide bonds. The Morgan fingerprint density at radius 3 is 2.04 bits per heavy atom. The van der Waals surface area contributed by atoms with Crippen molar-refractivity contribution in [3.8, 4) is 5.69 Å². The third-order valence-corrected chi connectivity index (χ3v) is 12.0. The Morgan fingerprint density at radius 1 is 0.743 bits per heavy atom. The molecule has 0 atom stereocenters. The number of carbonyl (C=O) groups is 2. The van der Waals surface area contributed by atoms with Crippen LogP contribution >= 0.6 is 22.9 Å². The van der Waals surface area contributed by atoms with Crippen LogP contribution in [-0.4, -0.2) is 153 Å². The molecule has 1 fully saturated rings. The molecule has 4 heterocycles. The number of piperazine rings is 1. The van der Waals surface area contributed by atoms with Crippen molar-refractivity contribution in [3.05, 3.63) is 109 Å². The predicted molar refractivity (Wildman–Crippen MR) is 270 cm³/mol. The van der Waals surface area contributed by atoms with Crippen molar-refractivity contribution >= 4 is 62.9 Å².